The molecule has 3 rings (SSSR count). The van der Waals surface area contributed by atoms with Gasteiger partial charge in [-0.3, -0.25) is 0 Å². The van der Waals surface area contributed by atoms with Crippen molar-refractivity contribution in [2.45, 2.75) is 31.2 Å². The summed E-state index contributed by atoms with van der Waals surface area (Å²) in [4.78, 5) is 0. The standard InChI is InChI=1S/C13H16FNO/c1-9-7-13(4-5-15-9)8-16-12-3-2-10(14)6-11(12)13/h2-3,6,9,15H,4-5,7-8H2,1H3/t9-,13?/m1/s1. The highest BCUT2D eigenvalue weighted by Crippen LogP contribution is 2.45. The van der Waals surface area contributed by atoms with Gasteiger partial charge in [0, 0.05) is 17.0 Å². The van der Waals surface area contributed by atoms with Crippen molar-refractivity contribution in [2.24, 2.45) is 0 Å². The van der Waals surface area contributed by atoms with E-state index in [4.69, 9.17) is 4.74 Å². The van der Waals surface area contributed by atoms with Gasteiger partial charge < -0.3 is 10.1 Å². The fourth-order valence-electron chi connectivity index (χ4n) is 3.03. The van der Waals surface area contributed by atoms with Gasteiger partial charge in [0.15, 0.2) is 0 Å². The number of rotatable bonds is 0. The lowest BCUT2D eigenvalue weighted by Gasteiger charge is -2.36. The van der Waals surface area contributed by atoms with Crippen molar-refractivity contribution in [3.05, 3.63) is 29.6 Å². The zero-order valence-corrected chi connectivity index (χ0v) is 9.42. The molecule has 1 aromatic carbocycles. The molecule has 1 saturated heterocycles. The number of hydrogen-bond donors (Lipinski definition) is 1. The van der Waals surface area contributed by atoms with Gasteiger partial charge in [-0.05, 0) is 44.5 Å². The third-order valence-electron chi connectivity index (χ3n) is 3.81. The summed E-state index contributed by atoms with van der Waals surface area (Å²) >= 11 is 0. The van der Waals surface area contributed by atoms with E-state index in [2.05, 4.69) is 12.2 Å². The van der Waals surface area contributed by atoms with E-state index in [-0.39, 0.29) is 11.2 Å². The summed E-state index contributed by atoms with van der Waals surface area (Å²) in [5, 5.41) is 3.43. The summed E-state index contributed by atoms with van der Waals surface area (Å²) in [5.74, 6) is 0.713. The molecule has 1 aromatic rings. The van der Waals surface area contributed by atoms with Crippen LogP contribution in [0.3, 0.4) is 0 Å². The maximum Gasteiger partial charge on any atom is 0.123 e. The monoisotopic (exact) mass is 221 g/mol. The fourth-order valence-corrected chi connectivity index (χ4v) is 3.03. The number of ether oxygens (including phenoxy) is 1. The normalized spacial score (nSPS) is 32.5. The fraction of sp³-hybridized carbons (Fsp3) is 0.538. The Morgan fingerprint density at radius 2 is 2.38 bits per heavy atom. The van der Waals surface area contributed by atoms with Crippen LogP contribution in [0.25, 0.3) is 0 Å². The Bertz CT molecular complexity index is 416. The molecular weight excluding hydrogens is 205 g/mol. The van der Waals surface area contributed by atoms with E-state index >= 15 is 0 Å². The molecule has 1 spiro atoms. The molecule has 3 heteroatoms. The highest BCUT2D eigenvalue weighted by molar-refractivity contribution is 5.44. The molecule has 2 aliphatic heterocycles. The van der Waals surface area contributed by atoms with Gasteiger partial charge in [0.2, 0.25) is 0 Å². The van der Waals surface area contributed by atoms with Crippen LogP contribution in [0.2, 0.25) is 0 Å². The Morgan fingerprint density at radius 3 is 3.19 bits per heavy atom. The third kappa shape index (κ3) is 1.42. The first-order chi connectivity index (χ1) is 7.70. The van der Waals surface area contributed by atoms with Crippen LogP contribution in [-0.4, -0.2) is 19.2 Å². The number of fused-ring (bicyclic) bond motifs is 2. The minimum atomic E-state index is -0.158. The van der Waals surface area contributed by atoms with E-state index < -0.39 is 0 Å². The van der Waals surface area contributed by atoms with Gasteiger partial charge in [0.1, 0.15) is 11.6 Å². The average Bonchev–Trinajstić information content (AvgIpc) is 2.58. The third-order valence-corrected chi connectivity index (χ3v) is 3.81. The van der Waals surface area contributed by atoms with Crippen LogP contribution in [-0.2, 0) is 5.41 Å². The molecule has 1 unspecified atom stereocenters. The van der Waals surface area contributed by atoms with Crippen molar-refractivity contribution in [3.63, 3.8) is 0 Å². The molecule has 1 fully saturated rings. The van der Waals surface area contributed by atoms with Crippen LogP contribution in [0.4, 0.5) is 4.39 Å². The number of benzene rings is 1. The predicted octanol–water partition coefficient (Wildman–Crippen LogP) is 2.23. The van der Waals surface area contributed by atoms with Crippen LogP contribution in [0.15, 0.2) is 18.2 Å². The summed E-state index contributed by atoms with van der Waals surface area (Å²) in [6.45, 7) is 3.87. The summed E-state index contributed by atoms with van der Waals surface area (Å²) in [5.41, 5.74) is 1.11. The quantitative estimate of drug-likeness (QED) is 0.725. The van der Waals surface area contributed by atoms with Crippen LogP contribution in [0.5, 0.6) is 5.75 Å². The van der Waals surface area contributed by atoms with Gasteiger partial charge in [0.25, 0.3) is 0 Å². The highest BCUT2D eigenvalue weighted by atomic mass is 19.1. The second-order valence-electron chi connectivity index (χ2n) is 5.02. The topological polar surface area (TPSA) is 21.3 Å². The first-order valence-corrected chi connectivity index (χ1v) is 5.86. The summed E-state index contributed by atoms with van der Waals surface area (Å²) in [6.07, 6.45) is 2.07. The Morgan fingerprint density at radius 1 is 1.50 bits per heavy atom. The predicted molar refractivity (Wildman–Crippen MR) is 60.3 cm³/mol. The SMILES string of the molecule is C[C@@H]1CC2(CCN1)COc1ccc(F)cc12. The Hall–Kier alpha value is -1.09. The molecule has 0 aliphatic carbocycles. The summed E-state index contributed by atoms with van der Waals surface area (Å²) in [6, 6.07) is 5.36. The lowest BCUT2D eigenvalue weighted by Crippen LogP contribution is -2.45. The Balaban J connectivity index is 2.03. The molecule has 0 amide bonds. The van der Waals surface area contributed by atoms with E-state index in [9.17, 15) is 4.39 Å². The van der Waals surface area contributed by atoms with Crippen molar-refractivity contribution in [1.29, 1.82) is 0 Å². The summed E-state index contributed by atoms with van der Waals surface area (Å²) in [7, 11) is 0. The van der Waals surface area contributed by atoms with E-state index in [0.717, 1.165) is 30.7 Å². The molecule has 86 valence electrons. The minimum Gasteiger partial charge on any atom is -0.492 e. The molecule has 2 heterocycles. The van der Waals surface area contributed by atoms with Crippen molar-refractivity contribution in [3.8, 4) is 5.75 Å². The molecule has 0 aromatic heterocycles. The molecule has 0 radical (unpaired) electrons. The molecule has 2 nitrogen and oxygen atoms in total. The van der Waals surface area contributed by atoms with Gasteiger partial charge >= 0.3 is 0 Å². The van der Waals surface area contributed by atoms with Gasteiger partial charge in [-0.25, -0.2) is 4.39 Å². The maximum absolute atomic E-state index is 13.3. The van der Waals surface area contributed by atoms with Crippen LogP contribution < -0.4 is 10.1 Å². The zero-order valence-electron chi connectivity index (χ0n) is 9.42. The Kier molecular flexibility index (Phi) is 2.18. The van der Waals surface area contributed by atoms with Crippen LogP contribution in [0, 0.1) is 5.82 Å². The number of hydrogen-bond acceptors (Lipinski definition) is 2. The van der Waals surface area contributed by atoms with Crippen LogP contribution in [0.1, 0.15) is 25.3 Å². The molecule has 16 heavy (non-hydrogen) atoms. The molecular formula is C13H16FNO. The van der Waals surface area contributed by atoms with E-state index in [0.29, 0.717) is 12.6 Å². The molecule has 2 aliphatic rings. The van der Waals surface area contributed by atoms with E-state index in [1.807, 2.05) is 0 Å². The molecule has 2 atom stereocenters. The molecule has 1 N–H and O–H groups in total. The second-order valence-corrected chi connectivity index (χ2v) is 5.02. The van der Waals surface area contributed by atoms with Gasteiger partial charge in [0.05, 0.1) is 6.61 Å². The lowest BCUT2D eigenvalue weighted by atomic mass is 9.73. The number of halogens is 1. The second kappa shape index (κ2) is 3.45. The minimum absolute atomic E-state index is 0.0438. The van der Waals surface area contributed by atoms with Gasteiger partial charge in [-0.2, -0.15) is 0 Å². The number of nitrogens with one attached hydrogen (secondary N) is 1. The van der Waals surface area contributed by atoms with Crippen LogP contribution >= 0.6 is 0 Å². The van der Waals surface area contributed by atoms with Gasteiger partial charge in [-0.1, -0.05) is 0 Å². The van der Waals surface area contributed by atoms with Gasteiger partial charge in [-0.15, -0.1) is 0 Å². The Labute approximate surface area is 94.8 Å². The summed E-state index contributed by atoms with van der Waals surface area (Å²) < 4.78 is 19.0. The van der Waals surface area contributed by atoms with Crippen molar-refractivity contribution in [2.75, 3.05) is 13.2 Å². The first kappa shape index (κ1) is 10.1. The lowest BCUT2D eigenvalue weighted by molar-refractivity contribution is 0.197. The first-order valence-electron chi connectivity index (χ1n) is 5.86. The highest BCUT2D eigenvalue weighted by Gasteiger charge is 2.43. The van der Waals surface area contributed by atoms with Crippen molar-refractivity contribution < 1.29 is 9.13 Å². The van der Waals surface area contributed by atoms with E-state index in [1.54, 1.807) is 12.1 Å². The zero-order chi connectivity index (χ0) is 11.2. The number of piperidine rings is 1. The average molecular weight is 221 g/mol. The smallest absolute Gasteiger partial charge is 0.123 e. The maximum atomic E-state index is 13.3. The largest absolute Gasteiger partial charge is 0.492 e. The van der Waals surface area contributed by atoms with Crippen molar-refractivity contribution >= 4 is 0 Å². The van der Waals surface area contributed by atoms with E-state index in [1.165, 1.54) is 6.07 Å². The van der Waals surface area contributed by atoms with Crippen molar-refractivity contribution in [1.82, 2.24) is 5.32 Å². The molecule has 0 bridgehead atoms. The molecule has 0 saturated carbocycles.